The average Bonchev–Trinajstić information content (AvgIpc) is 2.96. The first-order chi connectivity index (χ1) is 10.7. The molecule has 2 N–H and O–H groups in total. The summed E-state index contributed by atoms with van der Waals surface area (Å²) < 4.78 is 6.45. The van der Waals surface area contributed by atoms with E-state index in [1.165, 1.54) is 4.57 Å². The van der Waals surface area contributed by atoms with E-state index in [2.05, 4.69) is 10.2 Å². The van der Waals surface area contributed by atoms with Crippen molar-refractivity contribution in [3.05, 3.63) is 76.5 Å². The highest BCUT2D eigenvalue weighted by molar-refractivity contribution is 5.39. The van der Waals surface area contributed by atoms with Gasteiger partial charge in [-0.15, -0.1) is 0 Å². The van der Waals surface area contributed by atoms with Crippen LogP contribution in [0.3, 0.4) is 0 Å². The van der Waals surface area contributed by atoms with E-state index in [1.54, 1.807) is 43.5 Å². The van der Waals surface area contributed by atoms with Crippen molar-refractivity contribution in [2.45, 2.75) is 6.10 Å². The van der Waals surface area contributed by atoms with Gasteiger partial charge < -0.3 is 9.84 Å². The molecule has 6 nitrogen and oxygen atoms in total. The molecule has 0 aliphatic rings. The van der Waals surface area contributed by atoms with Crippen LogP contribution in [0.5, 0.6) is 5.75 Å². The van der Waals surface area contributed by atoms with Gasteiger partial charge >= 0.3 is 5.69 Å². The fourth-order valence-electron chi connectivity index (χ4n) is 2.26. The second kappa shape index (κ2) is 5.87. The molecule has 1 heterocycles. The summed E-state index contributed by atoms with van der Waals surface area (Å²) in [6.07, 6.45) is -0.998. The number of nitrogens with one attached hydrogen (secondary N) is 1. The SMILES string of the molecule is COc1ccc(-n2c(C(O)c3ccccc3)n[nH]c2=O)cc1. The minimum atomic E-state index is -0.998. The molecule has 3 rings (SSSR count). The van der Waals surface area contributed by atoms with Gasteiger partial charge in [0.25, 0.3) is 0 Å². The Bertz CT molecular complexity index is 807. The largest absolute Gasteiger partial charge is 0.497 e. The molecular formula is C16H15N3O3. The molecule has 2 aromatic carbocycles. The normalized spacial score (nSPS) is 12.1. The Morgan fingerprint density at radius 3 is 2.45 bits per heavy atom. The zero-order valence-corrected chi connectivity index (χ0v) is 11.9. The molecule has 0 bridgehead atoms. The van der Waals surface area contributed by atoms with Gasteiger partial charge in [-0.1, -0.05) is 30.3 Å². The van der Waals surface area contributed by atoms with Gasteiger partial charge in [-0.25, -0.2) is 14.5 Å². The lowest BCUT2D eigenvalue weighted by atomic mass is 10.1. The lowest BCUT2D eigenvalue weighted by Gasteiger charge is -2.12. The number of rotatable bonds is 4. The zero-order chi connectivity index (χ0) is 15.5. The van der Waals surface area contributed by atoms with Gasteiger partial charge in [-0.05, 0) is 29.8 Å². The third kappa shape index (κ3) is 2.51. The molecule has 0 aliphatic heterocycles. The smallest absolute Gasteiger partial charge is 0.348 e. The van der Waals surface area contributed by atoms with Crippen LogP contribution in [0.4, 0.5) is 0 Å². The molecule has 3 aromatic rings. The minimum Gasteiger partial charge on any atom is -0.497 e. The average molecular weight is 297 g/mol. The Balaban J connectivity index is 2.05. The maximum atomic E-state index is 12.0. The summed E-state index contributed by atoms with van der Waals surface area (Å²) >= 11 is 0. The van der Waals surface area contributed by atoms with Gasteiger partial charge in [-0.2, -0.15) is 5.10 Å². The molecule has 0 spiro atoms. The topological polar surface area (TPSA) is 80.1 Å². The number of nitrogens with zero attached hydrogens (tertiary/aromatic N) is 2. The van der Waals surface area contributed by atoms with Crippen LogP contribution in [-0.2, 0) is 0 Å². The minimum absolute atomic E-state index is 0.237. The quantitative estimate of drug-likeness (QED) is 0.767. The molecule has 6 heteroatoms. The van der Waals surface area contributed by atoms with Gasteiger partial charge in [0, 0.05) is 0 Å². The Morgan fingerprint density at radius 2 is 1.82 bits per heavy atom. The summed E-state index contributed by atoms with van der Waals surface area (Å²) in [5.74, 6) is 0.923. The lowest BCUT2D eigenvalue weighted by Crippen LogP contribution is -2.19. The van der Waals surface area contributed by atoms with Crippen LogP contribution in [0.1, 0.15) is 17.5 Å². The molecule has 1 aromatic heterocycles. The van der Waals surface area contributed by atoms with E-state index < -0.39 is 11.8 Å². The summed E-state index contributed by atoms with van der Waals surface area (Å²) in [5, 5.41) is 16.8. The van der Waals surface area contributed by atoms with Gasteiger partial charge in [0.1, 0.15) is 11.9 Å². The standard InChI is InChI=1S/C16H15N3O3/c1-22-13-9-7-12(8-10-13)19-15(17-18-16(19)21)14(20)11-5-3-2-4-6-11/h2-10,14,20H,1H3,(H,18,21). The summed E-state index contributed by atoms with van der Waals surface area (Å²) in [6, 6.07) is 16.0. The molecule has 1 unspecified atom stereocenters. The molecule has 0 fully saturated rings. The summed E-state index contributed by atoms with van der Waals surface area (Å²) in [7, 11) is 1.57. The molecular weight excluding hydrogens is 282 g/mol. The molecule has 0 amide bonds. The highest BCUT2D eigenvalue weighted by atomic mass is 16.5. The van der Waals surface area contributed by atoms with Crippen molar-refractivity contribution in [3.63, 3.8) is 0 Å². The summed E-state index contributed by atoms with van der Waals surface area (Å²) in [6.45, 7) is 0. The Morgan fingerprint density at radius 1 is 1.14 bits per heavy atom. The monoisotopic (exact) mass is 297 g/mol. The van der Waals surface area contributed by atoms with E-state index in [9.17, 15) is 9.90 Å². The summed E-state index contributed by atoms with van der Waals surface area (Å²) in [5.41, 5.74) is 0.857. The second-order valence-corrected chi connectivity index (χ2v) is 4.73. The molecule has 0 radical (unpaired) electrons. The predicted octanol–water partition coefficient (Wildman–Crippen LogP) is 1.65. The number of aromatic amines is 1. The van der Waals surface area contributed by atoms with Crippen molar-refractivity contribution in [3.8, 4) is 11.4 Å². The number of aromatic nitrogens is 3. The third-order valence-corrected chi connectivity index (χ3v) is 3.39. The van der Waals surface area contributed by atoms with E-state index in [0.717, 1.165) is 0 Å². The van der Waals surface area contributed by atoms with E-state index in [0.29, 0.717) is 17.0 Å². The predicted molar refractivity (Wildman–Crippen MR) is 81.2 cm³/mol. The van der Waals surface area contributed by atoms with E-state index in [4.69, 9.17) is 4.74 Å². The van der Waals surface area contributed by atoms with Crippen LogP contribution in [0.25, 0.3) is 5.69 Å². The molecule has 0 aliphatic carbocycles. The van der Waals surface area contributed by atoms with Crippen LogP contribution >= 0.6 is 0 Å². The number of aliphatic hydroxyl groups excluding tert-OH is 1. The Labute approximate surface area is 126 Å². The van der Waals surface area contributed by atoms with Crippen molar-refractivity contribution in [1.29, 1.82) is 0 Å². The number of benzene rings is 2. The first-order valence-corrected chi connectivity index (χ1v) is 6.75. The first kappa shape index (κ1) is 14.1. The summed E-state index contributed by atoms with van der Waals surface area (Å²) in [4.78, 5) is 12.0. The fraction of sp³-hybridized carbons (Fsp3) is 0.125. The number of aliphatic hydroxyl groups is 1. The van der Waals surface area contributed by atoms with Crippen molar-refractivity contribution < 1.29 is 9.84 Å². The molecule has 112 valence electrons. The molecule has 1 atom stereocenters. The van der Waals surface area contributed by atoms with Gasteiger partial charge in [0.15, 0.2) is 5.82 Å². The Hall–Kier alpha value is -2.86. The van der Waals surface area contributed by atoms with Gasteiger partial charge in [0.2, 0.25) is 0 Å². The van der Waals surface area contributed by atoms with Crippen molar-refractivity contribution in [1.82, 2.24) is 14.8 Å². The van der Waals surface area contributed by atoms with Crippen LogP contribution < -0.4 is 10.4 Å². The first-order valence-electron chi connectivity index (χ1n) is 6.75. The molecule has 22 heavy (non-hydrogen) atoms. The lowest BCUT2D eigenvalue weighted by molar-refractivity contribution is 0.207. The van der Waals surface area contributed by atoms with Gasteiger partial charge in [-0.3, -0.25) is 0 Å². The maximum Gasteiger partial charge on any atom is 0.348 e. The van der Waals surface area contributed by atoms with Gasteiger partial charge in [0.05, 0.1) is 12.8 Å². The molecule has 0 saturated heterocycles. The second-order valence-electron chi connectivity index (χ2n) is 4.73. The van der Waals surface area contributed by atoms with Crippen molar-refractivity contribution in [2.24, 2.45) is 0 Å². The van der Waals surface area contributed by atoms with E-state index >= 15 is 0 Å². The zero-order valence-electron chi connectivity index (χ0n) is 11.9. The highest BCUT2D eigenvalue weighted by Gasteiger charge is 2.20. The van der Waals surface area contributed by atoms with Crippen LogP contribution in [0.2, 0.25) is 0 Å². The number of ether oxygens (including phenoxy) is 1. The number of methoxy groups -OCH3 is 1. The molecule has 0 saturated carbocycles. The van der Waals surface area contributed by atoms with Crippen LogP contribution in [0, 0.1) is 0 Å². The Kier molecular flexibility index (Phi) is 3.76. The van der Waals surface area contributed by atoms with Crippen LogP contribution in [0.15, 0.2) is 59.4 Å². The number of H-pyrrole nitrogens is 1. The van der Waals surface area contributed by atoms with Crippen molar-refractivity contribution in [2.75, 3.05) is 7.11 Å². The fourth-order valence-corrected chi connectivity index (χ4v) is 2.26. The van der Waals surface area contributed by atoms with Crippen LogP contribution in [-0.4, -0.2) is 27.0 Å². The number of hydrogen-bond acceptors (Lipinski definition) is 4. The maximum absolute atomic E-state index is 12.0. The number of hydrogen-bond donors (Lipinski definition) is 2. The van der Waals surface area contributed by atoms with Crippen molar-refractivity contribution >= 4 is 0 Å². The highest BCUT2D eigenvalue weighted by Crippen LogP contribution is 2.22. The van der Waals surface area contributed by atoms with E-state index in [1.807, 2.05) is 18.2 Å². The third-order valence-electron chi connectivity index (χ3n) is 3.39. The van der Waals surface area contributed by atoms with E-state index in [-0.39, 0.29) is 5.82 Å².